The van der Waals surface area contributed by atoms with Crippen LogP contribution in [0.15, 0.2) is 48.5 Å². The number of amides is 1. The zero-order valence-corrected chi connectivity index (χ0v) is 12.4. The highest BCUT2D eigenvalue weighted by Crippen LogP contribution is 2.25. The quantitative estimate of drug-likeness (QED) is 0.886. The van der Waals surface area contributed by atoms with Crippen LogP contribution in [-0.4, -0.2) is 17.7 Å². The third-order valence-corrected chi connectivity index (χ3v) is 3.32. The number of aliphatic hydroxyl groups is 1. The summed E-state index contributed by atoms with van der Waals surface area (Å²) in [4.78, 5) is 11.6. The normalized spacial score (nSPS) is 11.8. The van der Waals surface area contributed by atoms with Gasteiger partial charge in [-0.3, -0.25) is 0 Å². The standard InChI is InChI=1S/C16H15ClFNO3/c17-12-7-4-8-13(18)15(12)14(20)9-19-16(21)22-10-11-5-2-1-3-6-11/h1-8,14,20H,9-10H2,(H,19,21). The first-order valence-electron chi connectivity index (χ1n) is 6.64. The van der Waals surface area contributed by atoms with E-state index in [9.17, 15) is 14.3 Å². The summed E-state index contributed by atoms with van der Waals surface area (Å²) in [5.41, 5.74) is 0.794. The second kappa shape index (κ2) is 7.77. The van der Waals surface area contributed by atoms with Crippen molar-refractivity contribution in [3.63, 3.8) is 0 Å². The number of aliphatic hydroxyl groups excluding tert-OH is 1. The minimum atomic E-state index is -1.25. The Bertz CT molecular complexity index is 616. The molecule has 0 fully saturated rings. The third-order valence-electron chi connectivity index (χ3n) is 2.99. The highest BCUT2D eigenvalue weighted by atomic mass is 35.5. The maximum atomic E-state index is 13.6. The first kappa shape index (κ1) is 16.3. The molecule has 0 saturated carbocycles. The van der Waals surface area contributed by atoms with Gasteiger partial charge in [-0.05, 0) is 17.7 Å². The van der Waals surface area contributed by atoms with Gasteiger partial charge in [-0.15, -0.1) is 0 Å². The lowest BCUT2D eigenvalue weighted by Crippen LogP contribution is -2.29. The van der Waals surface area contributed by atoms with E-state index in [0.29, 0.717) is 0 Å². The van der Waals surface area contributed by atoms with Crippen molar-refractivity contribution in [3.05, 3.63) is 70.5 Å². The summed E-state index contributed by atoms with van der Waals surface area (Å²) in [6, 6.07) is 13.3. The zero-order chi connectivity index (χ0) is 15.9. The molecule has 1 atom stereocenters. The summed E-state index contributed by atoms with van der Waals surface area (Å²) in [7, 11) is 0. The van der Waals surface area contributed by atoms with Crippen LogP contribution in [0.4, 0.5) is 9.18 Å². The van der Waals surface area contributed by atoms with Crippen molar-refractivity contribution in [1.29, 1.82) is 0 Å². The fourth-order valence-corrected chi connectivity index (χ4v) is 2.17. The van der Waals surface area contributed by atoms with Crippen molar-refractivity contribution < 1.29 is 19.0 Å². The average Bonchev–Trinajstić information content (AvgIpc) is 2.52. The van der Waals surface area contributed by atoms with Crippen LogP contribution in [0.5, 0.6) is 0 Å². The van der Waals surface area contributed by atoms with Gasteiger partial charge in [-0.1, -0.05) is 48.0 Å². The Morgan fingerprint density at radius 2 is 1.95 bits per heavy atom. The molecule has 4 nitrogen and oxygen atoms in total. The maximum absolute atomic E-state index is 13.6. The molecular formula is C16H15ClFNO3. The van der Waals surface area contributed by atoms with E-state index in [1.165, 1.54) is 18.2 Å². The van der Waals surface area contributed by atoms with Crippen molar-refractivity contribution in [2.45, 2.75) is 12.7 Å². The van der Waals surface area contributed by atoms with Crippen molar-refractivity contribution in [2.24, 2.45) is 0 Å². The fraction of sp³-hybridized carbons (Fsp3) is 0.188. The molecule has 0 aliphatic rings. The molecule has 0 aliphatic carbocycles. The van der Waals surface area contributed by atoms with E-state index in [0.717, 1.165) is 5.56 Å². The monoisotopic (exact) mass is 323 g/mol. The van der Waals surface area contributed by atoms with Crippen molar-refractivity contribution in [3.8, 4) is 0 Å². The molecule has 2 aromatic rings. The van der Waals surface area contributed by atoms with Crippen LogP contribution in [0.25, 0.3) is 0 Å². The Labute approximate surface area is 132 Å². The second-order valence-corrected chi connectivity index (χ2v) is 5.00. The van der Waals surface area contributed by atoms with E-state index < -0.39 is 18.0 Å². The molecule has 22 heavy (non-hydrogen) atoms. The molecule has 2 N–H and O–H groups in total. The lowest BCUT2D eigenvalue weighted by molar-refractivity contribution is 0.125. The number of halogens is 2. The zero-order valence-electron chi connectivity index (χ0n) is 11.6. The molecule has 0 bridgehead atoms. The van der Waals surface area contributed by atoms with Gasteiger partial charge in [-0.25, -0.2) is 9.18 Å². The van der Waals surface area contributed by atoms with Gasteiger partial charge >= 0.3 is 6.09 Å². The Morgan fingerprint density at radius 1 is 1.23 bits per heavy atom. The van der Waals surface area contributed by atoms with Gasteiger partial charge in [0.05, 0.1) is 6.54 Å². The number of alkyl carbamates (subject to hydrolysis) is 1. The minimum Gasteiger partial charge on any atom is -0.445 e. The lowest BCUT2D eigenvalue weighted by atomic mass is 10.1. The average molecular weight is 324 g/mol. The largest absolute Gasteiger partial charge is 0.445 e. The first-order chi connectivity index (χ1) is 10.6. The molecule has 1 amide bonds. The molecule has 1 unspecified atom stereocenters. The van der Waals surface area contributed by atoms with Crippen LogP contribution in [-0.2, 0) is 11.3 Å². The highest BCUT2D eigenvalue weighted by molar-refractivity contribution is 6.31. The van der Waals surface area contributed by atoms with Gasteiger partial charge in [0.15, 0.2) is 0 Å². The van der Waals surface area contributed by atoms with E-state index in [-0.39, 0.29) is 23.7 Å². The van der Waals surface area contributed by atoms with Gasteiger partial charge in [0.1, 0.15) is 18.5 Å². The number of hydrogen-bond acceptors (Lipinski definition) is 3. The summed E-state index contributed by atoms with van der Waals surface area (Å²) < 4.78 is 18.6. The van der Waals surface area contributed by atoms with Gasteiger partial charge in [0.25, 0.3) is 0 Å². The summed E-state index contributed by atoms with van der Waals surface area (Å²) >= 11 is 5.84. The number of benzene rings is 2. The van der Waals surface area contributed by atoms with Gasteiger partial charge in [0.2, 0.25) is 0 Å². The third kappa shape index (κ3) is 4.44. The molecule has 0 saturated heterocycles. The Morgan fingerprint density at radius 3 is 2.64 bits per heavy atom. The van der Waals surface area contributed by atoms with Crippen molar-refractivity contribution >= 4 is 17.7 Å². The maximum Gasteiger partial charge on any atom is 0.407 e. The van der Waals surface area contributed by atoms with Gasteiger partial charge in [-0.2, -0.15) is 0 Å². The minimum absolute atomic E-state index is 0.0486. The Balaban J connectivity index is 1.83. The number of carbonyl (C=O) groups excluding carboxylic acids is 1. The number of carbonyl (C=O) groups is 1. The van der Waals surface area contributed by atoms with Crippen LogP contribution in [0.1, 0.15) is 17.2 Å². The fourth-order valence-electron chi connectivity index (χ4n) is 1.89. The first-order valence-corrected chi connectivity index (χ1v) is 7.02. The molecule has 0 radical (unpaired) electrons. The highest BCUT2D eigenvalue weighted by Gasteiger charge is 2.17. The predicted molar refractivity (Wildman–Crippen MR) is 81.0 cm³/mol. The molecule has 2 aromatic carbocycles. The number of rotatable bonds is 5. The number of ether oxygens (including phenoxy) is 1. The van der Waals surface area contributed by atoms with E-state index >= 15 is 0 Å². The SMILES string of the molecule is O=C(NCC(O)c1c(F)cccc1Cl)OCc1ccccc1. The molecule has 116 valence electrons. The summed E-state index contributed by atoms with van der Waals surface area (Å²) in [5.74, 6) is -0.626. The molecule has 0 aliphatic heterocycles. The van der Waals surface area contributed by atoms with Crippen LogP contribution in [0.2, 0.25) is 5.02 Å². The van der Waals surface area contributed by atoms with Crippen molar-refractivity contribution in [2.75, 3.05) is 6.54 Å². The molecule has 6 heteroatoms. The molecule has 0 aromatic heterocycles. The van der Waals surface area contributed by atoms with Crippen molar-refractivity contribution in [1.82, 2.24) is 5.32 Å². The molecule has 2 rings (SSSR count). The van der Waals surface area contributed by atoms with Gasteiger partial charge < -0.3 is 15.2 Å². The van der Waals surface area contributed by atoms with E-state index in [1.807, 2.05) is 30.3 Å². The number of hydrogen-bond donors (Lipinski definition) is 2. The molecular weight excluding hydrogens is 309 g/mol. The van der Waals surface area contributed by atoms with E-state index in [2.05, 4.69) is 5.32 Å². The predicted octanol–water partition coefficient (Wildman–Crippen LogP) is 3.44. The molecule has 0 heterocycles. The van der Waals surface area contributed by atoms with Crippen LogP contribution in [0.3, 0.4) is 0 Å². The smallest absolute Gasteiger partial charge is 0.407 e. The van der Waals surface area contributed by atoms with E-state index in [1.54, 1.807) is 0 Å². The Kier molecular flexibility index (Phi) is 5.75. The van der Waals surface area contributed by atoms with E-state index in [4.69, 9.17) is 16.3 Å². The number of nitrogens with one attached hydrogen (secondary N) is 1. The summed E-state index contributed by atoms with van der Waals surface area (Å²) in [6.45, 7) is -0.0858. The lowest BCUT2D eigenvalue weighted by Gasteiger charge is -2.14. The van der Waals surface area contributed by atoms with Crippen LogP contribution < -0.4 is 5.32 Å². The topological polar surface area (TPSA) is 58.6 Å². The second-order valence-electron chi connectivity index (χ2n) is 4.59. The Hall–Kier alpha value is -2.11. The molecule has 0 spiro atoms. The van der Waals surface area contributed by atoms with Crippen LogP contribution >= 0.6 is 11.6 Å². The van der Waals surface area contributed by atoms with Gasteiger partial charge in [0, 0.05) is 10.6 Å². The summed E-state index contributed by atoms with van der Waals surface area (Å²) in [5, 5.41) is 12.4. The summed E-state index contributed by atoms with van der Waals surface area (Å²) in [6.07, 6.45) is -1.95. The van der Waals surface area contributed by atoms with Crippen LogP contribution in [0, 0.1) is 5.82 Å².